The molecular weight excluding hydrogens is 404 g/mol. The quantitative estimate of drug-likeness (QED) is 0.403. The molecule has 0 N–H and O–H groups in total. The molecular formula is C23H23ClN2O4. The number of halogens is 1. The van der Waals surface area contributed by atoms with Crippen molar-refractivity contribution >= 4 is 29.1 Å². The summed E-state index contributed by atoms with van der Waals surface area (Å²) < 4.78 is 5.38. The Morgan fingerprint density at radius 3 is 2.30 bits per heavy atom. The van der Waals surface area contributed by atoms with Gasteiger partial charge in [0.05, 0.1) is 19.3 Å². The molecule has 1 amide bonds. The van der Waals surface area contributed by atoms with Gasteiger partial charge in [-0.3, -0.25) is 19.3 Å². The van der Waals surface area contributed by atoms with E-state index in [1.165, 1.54) is 0 Å². The summed E-state index contributed by atoms with van der Waals surface area (Å²) in [6, 6.07) is 15.0. The minimum absolute atomic E-state index is 0.331. The maximum atomic E-state index is 13.3. The number of hydrogen-bond donors (Lipinski definition) is 0. The Balaban J connectivity index is 1.65. The number of amides is 1. The third-order valence-electron chi connectivity index (χ3n) is 5.72. The fraction of sp³-hybridized carbons (Fsp3) is 0.348. The van der Waals surface area contributed by atoms with Crippen molar-refractivity contribution in [3.8, 4) is 0 Å². The molecule has 2 saturated heterocycles. The Morgan fingerprint density at radius 1 is 0.967 bits per heavy atom. The number of rotatable bonds is 6. The summed E-state index contributed by atoms with van der Waals surface area (Å²) in [5.41, 5.74) is 1.16. The lowest BCUT2D eigenvalue weighted by molar-refractivity contribution is -0.141. The van der Waals surface area contributed by atoms with Crippen molar-refractivity contribution in [1.29, 1.82) is 0 Å². The molecule has 4 rings (SSSR count). The molecule has 0 bridgehead atoms. The van der Waals surface area contributed by atoms with Crippen molar-refractivity contribution in [1.82, 2.24) is 9.80 Å². The van der Waals surface area contributed by atoms with E-state index in [9.17, 15) is 14.4 Å². The van der Waals surface area contributed by atoms with Crippen molar-refractivity contribution < 1.29 is 19.1 Å². The second kappa shape index (κ2) is 9.08. The van der Waals surface area contributed by atoms with E-state index in [-0.39, 0.29) is 5.78 Å². The van der Waals surface area contributed by atoms with Gasteiger partial charge in [0, 0.05) is 36.8 Å². The van der Waals surface area contributed by atoms with E-state index in [1.54, 1.807) is 53.4 Å². The smallest absolute Gasteiger partial charge is 0.291 e. The Morgan fingerprint density at radius 2 is 1.63 bits per heavy atom. The molecule has 0 aromatic heterocycles. The van der Waals surface area contributed by atoms with E-state index in [2.05, 4.69) is 4.90 Å². The second-order valence-electron chi connectivity index (χ2n) is 7.52. The predicted octanol–water partition coefficient (Wildman–Crippen LogP) is 2.62. The van der Waals surface area contributed by atoms with Gasteiger partial charge in [0.15, 0.2) is 5.78 Å². The summed E-state index contributed by atoms with van der Waals surface area (Å²) in [6.07, 6.45) is 0. The van der Waals surface area contributed by atoms with Gasteiger partial charge in [-0.2, -0.15) is 0 Å². The van der Waals surface area contributed by atoms with Gasteiger partial charge >= 0.3 is 0 Å². The lowest BCUT2D eigenvalue weighted by Gasteiger charge is -2.31. The zero-order chi connectivity index (χ0) is 21.1. The van der Waals surface area contributed by atoms with Crippen LogP contribution in [0.3, 0.4) is 0 Å². The van der Waals surface area contributed by atoms with Gasteiger partial charge in [-0.25, -0.2) is 0 Å². The van der Waals surface area contributed by atoms with Gasteiger partial charge in [0.1, 0.15) is 5.92 Å². The largest absolute Gasteiger partial charge is 0.379 e. The number of Topliss-reactive ketones (excluding diaryl/α,β-unsaturated/α-hetero) is 2. The maximum absolute atomic E-state index is 13.3. The summed E-state index contributed by atoms with van der Waals surface area (Å²) in [4.78, 5) is 42.9. The summed E-state index contributed by atoms with van der Waals surface area (Å²) in [6.45, 7) is 3.88. The van der Waals surface area contributed by atoms with Gasteiger partial charge in [-0.1, -0.05) is 54.1 Å². The topological polar surface area (TPSA) is 66.9 Å². The zero-order valence-electron chi connectivity index (χ0n) is 16.5. The third kappa shape index (κ3) is 4.17. The van der Waals surface area contributed by atoms with Crippen LogP contribution < -0.4 is 0 Å². The molecule has 2 aliphatic heterocycles. The van der Waals surface area contributed by atoms with E-state index in [4.69, 9.17) is 16.3 Å². The first-order chi connectivity index (χ1) is 14.6. The van der Waals surface area contributed by atoms with Crippen LogP contribution in [0.5, 0.6) is 0 Å². The molecule has 2 aliphatic rings. The Bertz CT molecular complexity index is 926. The molecule has 2 heterocycles. The SMILES string of the molecule is O=C1C(=O)N(CCN2CCOCC2)C(c2ccc(Cl)cc2)C1C(=O)c1ccccc1. The lowest BCUT2D eigenvalue weighted by atomic mass is 9.86. The number of hydrogen-bond acceptors (Lipinski definition) is 5. The Hall–Kier alpha value is -2.54. The van der Waals surface area contributed by atoms with Crippen molar-refractivity contribution in [2.75, 3.05) is 39.4 Å². The molecule has 30 heavy (non-hydrogen) atoms. The molecule has 0 saturated carbocycles. The maximum Gasteiger partial charge on any atom is 0.291 e. The summed E-state index contributed by atoms with van der Waals surface area (Å²) in [5, 5.41) is 0.556. The molecule has 6 nitrogen and oxygen atoms in total. The molecule has 7 heteroatoms. The van der Waals surface area contributed by atoms with E-state index < -0.39 is 23.7 Å². The minimum Gasteiger partial charge on any atom is -0.379 e. The number of ether oxygens (including phenoxy) is 1. The molecule has 0 aliphatic carbocycles. The van der Waals surface area contributed by atoms with Crippen LogP contribution in [0.15, 0.2) is 54.6 Å². The van der Waals surface area contributed by atoms with Gasteiger partial charge in [0.25, 0.3) is 5.91 Å². The van der Waals surface area contributed by atoms with Crippen LogP contribution in [-0.4, -0.2) is 66.7 Å². The predicted molar refractivity (Wildman–Crippen MR) is 112 cm³/mol. The van der Waals surface area contributed by atoms with Crippen molar-refractivity contribution in [2.24, 2.45) is 5.92 Å². The van der Waals surface area contributed by atoms with Crippen LogP contribution in [0.25, 0.3) is 0 Å². The number of likely N-dealkylation sites (tertiary alicyclic amines) is 1. The monoisotopic (exact) mass is 426 g/mol. The Kier molecular flexibility index (Phi) is 6.27. The highest BCUT2D eigenvalue weighted by Crippen LogP contribution is 2.38. The number of ketones is 2. The molecule has 2 aromatic rings. The van der Waals surface area contributed by atoms with Crippen molar-refractivity contribution in [3.05, 3.63) is 70.7 Å². The van der Waals surface area contributed by atoms with Crippen LogP contribution in [0.2, 0.25) is 5.02 Å². The van der Waals surface area contributed by atoms with Crippen LogP contribution in [0, 0.1) is 5.92 Å². The first kappa shape index (κ1) is 20.7. The average molecular weight is 427 g/mol. The number of morpholine rings is 1. The van der Waals surface area contributed by atoms with E-state index in [1.807, 2.05) is 6.07 Å². The number of nitrogens with zero attached hydrogens (tertiary/aromatic N) is 2. The molecule has 2 fully saturated rings. The first-order valence-electron chi connectivity index (χ1n) is 10.1. The first-order valence-corrected chi connectivity index (χ1v) is 10.4. The molecule has 0 spiro atoms. The normalized spacial score (nSPS) is 22.5. The van der Waals surface area contributed by atoms with Crippen molar-refractivity contribution in [3.63, 3.8) is 0 Å². The lowest BCUT2D eigenvalue weighted by Crippen LogP contribution is -2.42. The van der Waals surface area contributed by atoms with Crippen LogP contribution in [0.4, 0.5) is 0 Å². The second-order valence-corrected chi connectivity index (χ2v) is 7.96. The Labute approximate surface area is 180 Å². The number of carbonyl (C=O) groups is 3. The fourth-order valence-corrected chi connectivity index (χ4v) is 4.24. The van der Waals surface area contributed by atoms with E-state index in [0.29, 0.717) is 36.9 Å². The standard InChI is InChI=1S/C23H23ClN2O4/c24-18-8-6-16(7-9-18)20-19(21(27)17-4-2-1-3-5-17)22(28)23(29)26(20)11-10-25-12-14-30-15-13-25/h1-9,19-20H,10-15H2. The molecule has 2 unspecified atom stereocenters. The van der Waals surface area contributed by atoms with Crippen LogP contribution >= 0.6 is 11.6 Å². The number of benzene rings is 2. The van der Waals surface area contributed by atoms with Gasteiger partial charge in [-0.05, 0) is 17.7 Å². The highest BCUT2D eigenvalue weighted by atomic mass is 35.5. The fourth-order valence-electron chi connectivity index (χ4n) is 4.12. The van der Waals surface area contributed by atoms with Crippen LogP contribution in [-0.2, 0) is 14.3 Å². The third-order valence-corrected chi connectivity index (χ3v) is 5.97. The van der Waals surface area contributed by atoms with Gasteiger partial charge < -0.3 is 9.64 Å². The van der Waals surface area contributed by atoms with E-state index >= 15 is 0 Å². The van der Waals surface area contributed by atoms with Crippen LogP contribution in [0.1, 0.15) is 22.0 Å². The van der Waals surface area contributed by atoms with Gasteiger partial charge in [0.2, 0.25) is 5.78 Å². The van der Waals surface area contributed by atoms with Crippen molar-refractivity contribution in [2.45, 2.75) is 6.04 Å². The molecule has 0 radical (unpaired) electrons. The highest BCUT2D eigenvalue weighted by Gasteiger charge is 2.51. The number of carbonyl (C=O) groups excluding carboxylic acids is 3. The highest BCUT2D eigenvalue weighted by molar-refractivity contribution is 6.44. The molecule has 2 aromatic carbocycles. The minimum atomic E-state index is -1.06. The molecule has 2 atom stereocenters. The summed E-state index contributed by atoms with van der Waals surface area (Å²) in [5.74, 6) is -2.64. The summed E-state index contributed by atoms with van der Waals surface area (Å²) in [7, 11) is 0. The van der Waals surface area contributed by atoms with E-state index in [0.717, 1.165) is 18.7 Å². The summed E-state index contributed by atoms with van der Waals surface area (Å²) >= 11 is 6.04. The zero-order valence-corrected chi connectivity index (χ0v) is 17.3. The molecule has 156 valence electrons. The average Bonchev–Trinajstić information content (AvgIpc) is 3.04. The van der Waals surface area contributed by atoms with Gasteiger partial charge in [-0.15, -0.1) is 0 Å².